The summed E-state index contributed by atoms with van der Waals surface area (Å²) in [4.78, 5) is 2.25. The molecule has 0 unspecified atom stereocenters. The number of hydrogen-bond donors (Lipinski definition) is 1. The van der Waals surface area contributed by atoms with Gasteiger partial charge in [0, 0.05) is 44.2 Å². The van der Waals surface area contributed by atoms with Crippen LogP contribution in [0, 0.1) is 17.8 Å². The number of nitrogens with zero attached hydrogens (tertiary/aromatic N) is 1. The maximum atomic E-state index is 12.5. The van der Waals surface area contributed by atoms with Gasteiger partial charge < -0.3 is 10.2 Å². The van der Waals surface area contributed by atoms with E-state index in [1.54, 1.807) is 0 Å². The molecule has 18 heavy (non-hydrogen) atoms. The first-order chi connectivity index (χ1) is 8.65. The Kier molecular flexibility index (Phi) is 3.14. The molecule has 2 heterocycles. The maximum absolute atomic E-state index is 12.5. The van der Waals surface area contributed by atoms with E-state index in [1.807, 2.05) is 0 Å². The monoisotopic (exact) mass is 254 g/mol. The van der Waals surface area contributed by atoms with Gasteiger partial charge >= 0.3 is 0 Å². The van der Waals surface area contributed by atoms with Crippen LogP contribution in [0.5, 0.6) is 0 Å². The number of rotatable bonds is 3. The fraction of sp³-hybridized carbons (Fsp3) is 0.714. The lowest BCUT2D eigenvalue weighted by Gasteiger charge is -2.42. The van der Waals surface area contributed by atoms with E-state index >= 15 is 0 Å². The summed E-state index contributed by atoms with van der Waals surface area (Å²) in [6, 6.07) is 0. The zero-order chi connectivity index (χ0) is 12.7. The molecule has 1 saturated heterocycles. The Bertz CT molecular complexity index is 379. The molecule has 3 aliphatic rings. The summed E-state index contributed by atoms with van der Waals surface area (Å²) < 4.78 is 25.0. The molecule has 0 spiro atoms. The third kappa shape index (κ3) is 2.07. The molecule has 2 aliphatic heterocycles. The Labute approximate surface area is 107 Å². The minimum absolute atomic E-state index is 0.353. The molecule has 1 saturated carbocycles. The molecule has 4 heteroatoms. The van der Waals surface area contributed by atoms with Crippen LogP contribution in [0.2, 0.25) is 0 Å². The average molecular weight is 254 g/mol. The predicted molar refractivity (Wildman–Crippen MR) is 67.4 cm³/mol. The first-order valence-corrected chi connectivity index (χ1v) is 6.76. The number of halogens is 2. The normalized spacial score (nSPS) is 32.8. The van der Waals surface area contributed by atoms with Gasteiger partial charge in [-0.3, -0.25) is 0 Å². The van der Waals surface area contributed by atoms with Crippen molar-refractivity contribution in [3.8, 4) is 0 Å². The molecule has 0 atom stereocenters. The highest BCUT2D eigenvalue weighted by Gasteiger charge is 2.39. The Morgan fingerprint density at radius 2 is 1.94 bits per heavy atom. The molecule has 3 rings (SSSR count). The smallest absolute Gasteiger partial charge is 0.241 e. The summed E-state index contributed by atoms with van der Waals surface area (Å²) >= 11 is 0. The van der Waals surface area contributed by atoms with Crippen LogP contribution >= 0.6 is 0 Å². The van der Waals surface area contributed by atoms with E-state index in [0.29, 0.717) is 24.7 Å². The number of allylic oxidation sites excluding steroid dienone is 3. The Balaban J connectivity index is 1.63. The lowest BCUT2D eigenvalue weighted by Crippen LogP contribution is -2.46. The minimum Gasteiger partial charge on any atom is -0.374 e. The van der Waals surface area contributed by atoms with Gasteiger partial charge in [0.25, 0.3) is 0 Å². The van der Waals surface area contributed by atoms with E-state index < -0.39 is 6.43 Å². The summed E-state index contributed by atoms with van der Waals surface area (Å²) in [5.74, 6) is 0.664. The fourth-order valence-corrected chi connectivity index (χ4v) is 3.11. The van der Waals surface area contributed by atoms with Crippen LogP contribution < -0.4 is 5.32 Å². The quantitative estimate of drug-likeness (QED) is 0.831. The highest BCUT2D eigenvalue weighted by molar-refractivity contribution is 5.29. The van der Waals surface area contributed by atoms with Crippen molar-refractivity contribution in [3.63, 3.8) is 0 Å². The molecular weight excluding hydrogens is 234 g/mol. The summed E-state index contributed by atoms with van der Waals surface area (Å²) in [6.07, 6.45) is 3.55. The van der Waals surface area contributed by atoms with Gasteiger partial charge in [-0.05, 0) is 30.4 Å². The van der Waals surface area contributed by atoms with Crippen LogP contribution in [0.1, 0.15) is 12.8 Å². The molecule has 0 amide bonds. The molecule has 100 valence electrons. The van der Waals surface area contributed by atoms with Crippen molar-refractivity contribution in [1.29, 1.82) is 0 Å². The summed E-state index contributed by atoms with van der Waals surface area (Å²) in [7, 11) is 2.08. The summed E-state index contributed by atoms with van der Waals surface area (Å²) in [6.45, 7) is 3.13. The minimum atomic E-state index is -2.14. The van der Waals surface area contributed by atoms with Crippen LogP contribution in [-0.4, -0.2) is 38.0 Å². The highest BCUT2D eigenvalue weighted by Crippen LogP contribution is 2.43. The van der Waals surface area contributed by atoms with Gasteiger partial charge in [0.15, 0.2) is 0 Å². The van der Waals surface area contributed by atoms with Gasteiger partial charge in [-0.15, -0.1) is 0 Å². The van der Waals surface area contributed by atoms with Crippen LogP contribution in [0.3, 0.4) is 0 Å². The average Bonchev–Trinajstić information content (AvgIpc) is 2.15. The Morgan fingerprint density at radius 3 is 2.44 bits per heavy atom. The van der Waals surface area contributed by atoms with Gasteiger partial charge in [-0.1, -0.05) is 6.08 Å². The molecule has 0 aromatic carbocycles. The van der Waals surface area contributed by atoms with Gasteiger partial charge in [-0.25, -0.2) is 8.78 Å². The van der Waals surface area contributed by atoms with Crippen LogP contribution in [0.4, 0.5) is 8.78 Å². The second-order valence-corrected chi connectivity index (χ2v) is 5.81. The lowest BCUT2D eigenvalue weighted by molar-refractivity contribution is 0.00643. The van der Waals surface area contributed by atoms with Crippen molar-refractivity contribution in [2.24, 2.45) is 17.8 Å². The zero-order valence-corrected chi connectivity index (χ0v) is 10.7. The molecule has 0 radical (unpaired) electrons. The topological polar surface area (TPSA) is 15.3 Å². The van der Waals surface area contributed by atoms with Gasteiger partial charge in [0.05, 0.1) is 0 Å². The van der Waals surface area contributed by atoms with Crippen LogP contribution in [0.25, 0.3) is 0 Å². The fourth-order valence-electron chi connectivity index (χ4n) is 3.11. The van der Waals surface area contributed by atoms with Crippen LogP contribution in [-0.2, 0) is 0 Å². The maximum Gasteiger partial charge on any atom is 0.241 e. The predicted octanol–water partition coefficient (Wildman–Crippen LogP) is 2.25. The molecule has 2 nitrogen and oxygen atoms in total. The first-order valence-electron chi connectivity index (χ1n) is 6.76. The van der Waals surface area contributed by atoms with E-state index in [9.17, 15) is 8.78 Å². The largest absolute Gasteiger partial charge is 0.374 e. The number of hydrogen-bond acceptors (Lipinski definition) is 2. The second kappa shape index (κ2) is 4.65. The lowest BCUT2D eigenvalue weighted by atomic mass is 9.72. The van der Waals surface area contributed by atoms with Crippen molar-refractivity contribution < 1.29 is 8.78 Å². The van der Waals surface area contributed by atoms with E-state index in [1.165, 1.54) is 11.3 Å². The van der Waals surface area contributed by atoms with Crippen LogP contribution in [0.15, 0.2) is 23.4 Å². The molecular formula is C14H20F2N2. The first kappa shape index (κ1) is 12.2. The summed E-state index contributed by atoms with van der Waals surface area (Å²) in [5.41, 5.74) is 2.73. The highest BCUT2D eigenvalue weighted by atomic mass is 19.3. The SMILES string of the molecule is CN1CC(C2CNC2)=CC=C1C1CC(C(F)F)C1. The molecule has 1 aliphatic carbocycles. The van der Waals surface area contributed by atoms with Crippen molar-refractivity contribution in [2.45, 2.75) is 19.3 Å². The third-order valence-electron chi connectivity index (χ3n) is 4.58. The van der Waals surface area contributed by atoms with E-state index in [0.717, 1.165) is 19.6 Å². The Hall–Kier alpha value is -0.900. The molecule has 0 aromatic rings. The van der Waals surface area contributed by atoms with Crippen molar-refractivity contribution >= 4 is 0 Å². The Morgan fingerprint density at radius 1 is 1.22 bits per heavy atom. The van der Waals surface area contributed by atoms with E-state index in [-0.39, 0.29) is 5.92 Å². The number of likely N-dealkylation sites (N-methyl/N-ethyl adjacent to an activating group) is 1. The van der Waals surface area contributed by atoms with E-state index in [4.69, 9.17) is 0 Å². The standard InChI is InChI=1S/C14H20F2N2/c1-18-8-9(12-6-17-7-12)2-3-13(18)10-4-11(5-10)14(15)16/h2-3,10-12,14,17H,4-8H2,1H3. The van der Waals surface area contributed by atoms with Crippen molar-refractivity contribution in [1.82, 2.24) is 10.2 Å². The molecule has 0 bridgehead atoms. The molecule has 0 aromatic heterocycles. The van der Waals surface area contributed by atoms with Gasteiger partial charge in [-0.2, -0.15) is 0 Å². The second-order valence-electron chi connectivity index (χ2n) is 5.81. The number of alkyl halides is 2. The zero-order valence-electron chi connectivity index (χ0n) is 10.7. The third-order valence-corrected chi connectivity index (χ3v) is 4.58. The molecule has 2 fully saturated rings. The van der Waals surface area contributed by atoms with Gasteiger partial charge in [0.1, 0.15) is 0 Å². The number of nitrogens with one attached hydrogen (secondary N) is 1. The van der Waals surface area contributed by atoms with E-state index in [2.05, 4.69) is 29.4 Å². The van der Waals surface area contributed by atoms with Crippen molar-refractivity contribution in [3.05, 3.63) is 23.4 Å². The van der Waals surface area contributed by atoms with Gasteiger partial charge in [0.2, 0.25) is 6.43 Å². The van der Waals surface area contributed by atoms with Crippen molar-refractivity contribution in [2.75, 3.05) is 26.7 Å². The summed E-state index contributed by atoms with van der Waals surface area (Å²) in [5, 5.41) is 3.28. The molecule has 1 N–H and O–H groups in total.